The van der Waals surface area contributed by atoms with Crippen LogP contribution in [-0.4, -0.2) is 11.1 Å². The van der Waals surface area contributed by atoms with Crippen LogP contribution in [0.2, 0.25) is 5.02 Å². The molecule has 1 aromatic rings. The van der Waals surface area contributed by atoms with Gasteiger partial charge in [0.1, 0.15) is 5.82 Å². The number of hydrogen-bond acceptors (Lipinski definition) is 2. The van der Waals surface area contributed by atoms with Crippen LogP contribution < -0.4 is 5.48 Å². The van der Waals surface area contributed by atoms with Gasteiger partial charge in [-0.1, -0.05) is 37.4 Å². The summed E-state index contributed by atoms with van der Waals surface area (Å²) in [6, 6.07) is 4.40. The van der Waals surface area contributed by atoms with E-state index in [1.165, 1.54) is 12.1 Å². The Bertz CT molecular complexity index is 412. The van der Waals surface area contributed by atoms with Crippen LogP contribution in [-0.2, 0) is 11.2 Å². The van der Waals surface area contributed by atoms with E-state index in [2.05, 4.69) is 0 Å². The second kappa shape index (κ2) is 7.34. The summed E-state index contributed by atoms with van der Waals surface area (Å²) < 4.78 is 13.0. The quantitative estimate of drug-likeness (QED) is 0.617. The molecule has 2 N–H and O–H groups in total. The molecule has 0 fully saturated rings. The summed E-state index contributed by atoms with van der Waals surface area (Å²) in [5.41, 5.74) is 2.46. The number of halogens is 2. The molecule has 1 unspecified atom stereocenters. The minimum atomic E-state index is -0.475. The summed E-state index contributed by atoms with van der Waals surface area (Å²) >= 11 is 5.69. The number of hydrogen-bond donors (Lipinski definition) is 2. The standard InChI is InChI=1S/C13H17ClFNO2/c1-2-3-4-10(13(17)16-18)7-9-5-6-12(15)11(14)8-9/h5-6,8,10,18H,2-4,7H2,1H3,(H,16,17). The van der Waals surface area contributed by atoms with Crippen molar-refractivity contribution in [2.45, 2.75) is 32.6 Å². The largest absolute Gasteiger partial charge is 0.289 e. The lowest BCUT2D eigenvalue weighted by Gasteiger charge is -2.14. The van der Waals surface area contributed by atoms with Crippen LogP contribution in [0.15, 0.2) is 18.2 Å². The van der Waals surface area contributed by atoms with Crippen molar-refractivity contribution in [2.24, 2.45) is 5.92 Å². The molecule has 0 spiro atoms. The highest BCUT2D eigenvalue weighted by atomic mass is 35.5. The molecule has 1 aromatic carbocycles. The number of rotatable bonds is 6. The number of unbranched alkanes of at least 4 members (excludes halogenated alkanes) is 1. The molecule has 0 saturated carbocycles. The third kappa shape index (κ3) is 4.27. The van der Waals surface area contributed by atoms with Gasteiger partial charge in [-0.3, -0.25) is 10.0 Å². The minimum absolute atomic E-state index is 0.0474. The van der Waals surface area contributed by atoms with E-state index in [9.17, 15) is 9.18 Å². The summed E-state index contributed by atoms with van der Waals surface area (Å²) in [5, 5.41) is 8.74. The highest BCUT2D eigenvalue weighted by Crippen LogP contribution is 2.20. The lowest BCUT2D eigenvalue weighted by molar-refractivity contribution is -0.133. The Balaban J connectivity index is 2.75. The molecule has 1 rings (SSSR count). The number of benzene rings is 1. The highest BCUT2D eigenvalue weighted by molar-refractivity contribution is 6.30. The number of nitrogens with one attached hydrogen (secondary N) is 1. The number of carbonyl (C=O) groups excluding carboxylic acids is 1. The molecule has 0 aliphatic heterocycles. The van der Waals surface area contributed by atoms with Crippen LogP contribution >= 0.6 is 11.6 Å². The molecule has 1 atom stereocenters. The van der Waals surface area contributed by atoms with Crippen molar-refractivity contribution >= 4 is 17.5 Å². The van der Waals surface area contributed by atoms with Crippen LogP contribution in [0.5, 0.6) is 0 Å². The summed E-state index contributed by atoms with van der Waals surface area (Å²) in [4.78, 5) is 11.5. The molecule has 0 radical (unpaired) electrons. The Hall–Kier alpha value is -1.13. The number of hydroxylamine groups is 1. The first-order chi connectivity index (χ1) is 8.58. The molecule has 18 heavy (non-hydrogen) atoms. The third-order valence-corrected chi connectivity index (χ3v) is 3.14. The van der Waals surface area contributed by atoms with Crippen molar-refractivity contribution in [3.8, 4) is 0 Å². The number of amides is 1. The lowest BCUT2D eigenvalue weighted by atomic mass is 9.93. The van der Waals surface area contributed by atoms with Crippen molar-refractivity contribution < 1.29 is 14.4 Å². The summed E-state index contributed by atoms with van der Waals surface area (Å²) in [6.07, 6.45) is 2.98. The van der Waals surface area contributed by atoms with E-state index in [1.54, 1.807) is 11.5 Å². The zero-order valence-corrected chi connectivity index (χ0v) is 11.0. The van der Waals surface area contributed by atoms with Crippen molar-refractivity contribution in [3.63, 3.8) is 0 Å². The van der Waals surface area contributed by atoms with Gasteiger partial charge in [0.25, 0.3) is 0 Å². The zero-order chi connectivity index (χ0) is 13.5. The Morgan fingerprint density at radius 1 is 1.56 bits per heavy atom. The first-order valence-corrected chi connectivity index (χ1v) is 6.34. The van der Waals surface area contributed by atoms with E-state index in [0.29, 0.717) is 12.8 Å². The van der Waals surface area contributed by atoms with Crippen molar-refractivity contribution in [2.75, 3.05) is 0 Å². The average molecular weight is 274 g/mol. The molecule has 100 valence electrons. The van der Waals surface area contributed by atoms with Gasteiger partial charge in [-0.25, -0.2) is 9.87 Å². The summed E-state index contributed by atoms with van der Waals surface area (Å²) in [7, 11) is 0. The van der Waals surface area contributed by atoms with Crippen molar-refractivity contribution in [1.82, 2.24) is 5.48 Å². The zero-order valence-electron chi connectivity index (χ0n) is 10.2. The van der Waals surface area contributed by atoms with Gasteiger partial charge in [0.15, 0.2) is 0 Å². The number of carbonyl (C=O) groups is 1. The Morgan fingerprint density at radius 2 is 2.28 bits per heavy atom. The monoisotopic (exact) mass is 273 g/mol. The van der Waals surface area contributed by atoms with E-state index in [-0.39, 0.29) is 10.9 Å². The third-order valence-electron chi connectivity index (χ3n) is 2.85. The lowest BCUT2D eigenvalue weighted by Crippen LogP contribution is -2.29. The normalized spacial score (nSPS) is 12.2. The molecular weight excluding hydrogens is 257 g/mol. The molecule has 1 amide bonds. The van der Waals surface area contributed by atoms with Gasteiger partial charge in [-0.2, -0.15) is 0 Å². The molecule has 0 aliphatic rings. The smallest absolute Gasteiger partial charge is 0.246 e. The van der Waals surface area contributed by atoms with Crippen LogP contribution in [0.1, 0.15) is 31.7 Å². The Morgan fingerprint density at radius 3 is 2.83 bits per heavy atom. The fraction of sp³-hybridized carbons (Fsp3) is 0.462. The van der Waals surface area contributed by atoms with E-state index in [4.69, 9.17) is 16.8 Å². The maximum absolute atomic E-state index is 13.0. The molecular formula is C13H17ClFNO2. The molecule has 0 saturated heterocycles. The molecule has 0 aliphatic carbocycles. The molecule has 5 heteroatoms. The molecule has 0 heterocycles. The SMILES string of the molecule is CCCCC(Cc1ccc(F)c(Cl)c1)C(=O)NO. The molecule has 0 bridgehead atoms. The van der Waals surface area contributed by atoms with E-state index >= 15 is 0 Å². The van der Waals surface area contributed by atoms with E-state index in [1.807, 2.05) is 6.92 Å². The molecule has 3 nitrogen and oxygen atoms in total. The summed E-state index contributed by atoms with van der Waals surface area (Å²) in [5.74, 6) is -1.21. The average Bonchev–Trinajstić information content (AvgIpc) is 2.37. The van der Waals surface area contributed by atoms with Gasteiger partial charge >= 0.3 is 0 Å². The second-order valence-electron chi connectivity index (χ2n) is 4.27. The Kier molecular flexibility index (Phi) is 6.09. The van der Waals surface area contributed by atoms with Crippen molar-refractivity contribution in [3.05, 3.63) is 34.6 Å². The van der Waals surface area contributed by atoms with E-state index in [0.717, 1.165) is 18.4 Å². The first kappa shape index (κ1) is 14.9. The van der Waals surface area contributed by atoms with Crippen LogP contribution in [0.3, 0.4) is 0 Å². The Labute approximate surface area is 111 Å². The first-order valence-electron chi connectivity index (χ1n) is 5.96. The molecule has 0 aromatic heterocycles. The predicted molar refractivity (Wildman–Crippen MR) is 68.1 cm³/mol. The van der Waals surface area contributed by atoms with Crippen molar-refractivity contribution in [1.29, 1.82) is 0 Å². The van der Waals surface area contributed by atoms with Gasteiger partial charge in [-0.05, 0) is 30.5 Å². The van der Waals surface area contributed by atoms with Crippen LogP contribution in [0, 0.1) is 11.7 Å². The van der Waals surface area contributed by atoms with Crippen LogP contribution in [0.25, 0.3) is 0 Å². The topological polar surface area (TPSA) is 49.3 Å². The van der Waals surface area contributed by atoms with Gasteiger partial charge in [0.2, 0.25) is 5.91 Å². The maximum atomic E-state index is 13.0. The highest BCUT2D eigenvalue weighted by Gasteiger charge is 2.18. The fourth-order valence-corrected chi connectivity index (χ4v) is 2.02. The van der Waals surface area contributed by atoms with Gasteiger partial charge < -0.3 is 0 Å². The summed E-state index contributed by atoms with van der Waals surface area (Å²) in [6.45, 7) is 2.03. The second-order valence-corrected chi connectivity index (χ2v) is 4.67. The van der Waals surface area contributed by atoms with E-state index < -0.39 is 11.7 Å². The fourth-order valence-electron chi connectivity index (χ4n) is 1.82. The van der Waals surface area contributed by atoms with Gasteiger partial charge in [0.05, 0.1) is 5.02 Å². The van der Waals surface area contributed by atoms with Gasteiger partial charge in [0, 0.05) is 5.92 Å². The van der Waals surface area contributed by atoms with Gasteiger partial charge in [-0.15, -0.1) is 0 Å². The van der Waals surface area contributed by atoms with Crippen LogP contribution in [0.4, 0.5) is 4.39 Å². The minimum Gasteiger partial charge on any atom is -0.289 e. The predicted octanol–water partition coefficient (Wildman–Crippen LogP) is 3.33. The maximum Gasteiger partial charge on any atom is 0.246 e.